The van der Waals surface area contributed by atoms with E-state index in [0.29, 0.717) is 12.2 Å². The molecule has 1 aromatic carbocycles. The number of hydrogen-bond acceptors (Lipinski definition) is 3. The highest BCUT2D eigenvalue weighted by Gasteiger charge is 2.06. The Bertz CT molecular complexity index is 399. The molecule has 0 spiro atoms. The second kappa shape index (κ2) is 5.62. The lowest BCUT2D eigenvalue weighted by atomic mass is 10.1. The molecule has 92 valence electrons. The van der Waals surface area contributed by atoms with Crippen LogP contribution in [0, 0.1) is 0 Å². The van der Waals surface area contributed by atoms with Crippen molar-refractivity contribution in [1.29, 1.82) is 0 Å². The number of nitrogens with zero attached hydrogens (tertiary/aromatic N) is 1. The minimum absolute atomic E-state index is 0.0835. The van der Waals surface area contributed by atoms with Gasteiger partial charge in [-0.1, -0.05) is 12.1 Å². The Labute approximate surface area is 103 Å². The largest absolute Gasteiger partial charge is 0.462 e. The fourth-order valence-electron chi connectivity index (χ4n) is 1.19. The molecule has 3 heteroatoms. The van der Waals surface area contributed by atoms with Gasteiger partial charge in [-0.05, 0) is 45.4 Å². The van der Waals surface area contributed by atoms with E-state index in [0.717, 1.165) is 5.56 Å². The summed E-state index contributed by atoms with van der Waals surface area (Å²) in [7, 11) is 0. The van der Waals surface area contributed by atoms with Crippen molar-refractivity contribution in [2.24, 2.45) is 4.99 Å². The molecule has 0 heterocycles. The minimum atomic E-state index is -0.285. The van der Waals surface area contributed by atoms with Gasteiger partial charge in [0.1, 0.15) is 0 Å². The average molecular weight is 233 g/mol. The number of aliphatic imine (C=N–C) groups is 1. The standard InChI is InChI=1S/C14H19NO2/c1-5-17-13(16)12-8-6-11(7-9-12)10-15-14(2,3)4/h6-10H,5H2,1-4H3/b15-10+. The maximum absolute atomic E-state index is 11.4. The lowest BCUT2D eigenvalue weighted by Crippen LogP contribution is -2.09. The van der Waals surface area contributed by atoms with Gasteiger partial charge in [0.2, 0.25) is 0 Å². The predicted molar refractivity (Wildman–Crippen MR) is 69.7 cm³/mol. The van der Waals surface area contributed by atoms with Crippen molar-refractivity contribution in [2.75, 3.05) is 6.61 Å². The zero-order chi connectivity index (χ0) is 12.9. The van der Waals surface area contributed by atoms with E-state index in [-0.39, 0.29) is 11.5 Å². The second-order valence-corrected chi connectivity index (χ2v) is 4.77. The van der Waals surface area contributed by atoms with E-state index >= 15 is 0 Å². The molecule has 0 aliphatic rings. The Kier molecular flexibility index (Phi) is 4.44. The second-order valence-electron chi connectivity index (χ2n) is 4.77. The van der Waals surface area contributed by atoms with Crippen LogP contribution in [-0.2, 0) is 4.74 Å². The normalized spacial score (nSPS) is 11.8. The Morgan fingerprint density at radius 3 is 2.35 bits per heavy atom. The van der Waals surface area contributed by atoms with Crippen molar-refractivity contribution in [3.8, 4) is 0 Å². The van der Waals surface area contributed by atoms with Crippen LogP contribution in [0.25, 0.3) is 0 Å². The Hall–Kier alpha value is -1.64. The van der Waals surface area contributed by atoms with Crippen LogP contribution in [-0.4, -0.2) is 24.3 Å². The Morgan fingerprint density at radius 2 is 1.88 bits per heavy atom. The van der Waals surface area contributed by atoms with E-state index < -0.39 is 0 Å². The van der Waals surface area contributed by atoms with Crippen LogP contribution in [0.5, 0.6) is 0 Å². The first kappa shape index (κ1) is 13.4. The predicted octanol–water partition coefficient (Wildman–Crippen LogP) is 3.08. The summed E-state index contributed by atoms with van der Waals surface area (Å²) < 4.78 is 4.91. The summed E-state index contributed by atoms with van der Waals surface area (Å²) in [6.45, 7) is 8.30. The van der Waals surface area contributed by atoms with E-state index in [2.05, 4.69) is 4.99 Å². The van der Waals surface area contributed by atoms with E-state index in [1.807, 2.05) is 39.1 Å². The molecular formula is C14H19NO2. The van der Waals surface area contributed by atoms with Gasteiger partial charge in [0.15, 0.2) is 0 Å². The van der Waals surface area contributed by atoms with Crippen molar-refractivity contribution in [3.05, 3.63) is 35.4 Å². The summed E-state index contributed by atoms with van der Waals surface area (Å²) in [5, 5.41) is 0. The number of esters is 1. The van der Waals surface area contributed by atoms with Crippen LogP contribution in [0.2, 0.25) is 0 Å². The molecule has 0 N–H and O–H groups in total. The van der Waals surface area contributed by atoms with E-state index in [1.54, 1.807) is 19.1 Å². The highest BCUT2D eigenvalue weighted by atomic mass is 16.5. The highest BCUT2D eigenvalue weighted by molar-refractivity contribution is 5.90. The SMILES string of the molecule is CCOC(=O)c1ccc(/C=N/C(C)(C)C)cc1. The first-order valence-electron chi connectivity index (χ1n) is 5.75. The minimum Gasteiger partial charge on any atom is -0.462 e. The molecule has 0 fully saturated rings. The van der Waals surface area contributed by atoms with Gasteiger partial charge in [0.05, 0.1) is 17.7 Å². The summed E-state index contributed by atoms with van der Waals surface area (Å²) >= 11 is 0. The van der Waals surface area contributed by atoms with Crippen LogP contribution in [0.3, 0.4) is 0 Å². The monoisotopic (exact) mass is 233 g/mol. The Balaban J connectivity index is 2.75. The van der Waals surface area contributed by atoms with Gasteiger partial charge in [-0.15, -0.1) is 0 Å². The molecule has 0 bridgehead atoms. The summed E-state index contributed by atoms with van der Waals surface area (Å²) in [5.74, 6) is -0.285. The van der Waals surface area contributed by atoms with Crippen LogP contribution in [0.15, 0.2) is 29.3 Å². The third-order valence-electron chi connectivity index (χ3n) is 2.02. The van der Waals surface area contributed by atoms with Gasteiger partial charge >= 0.3 is 5.97 Å². The van der Waals surface area contributed by atoms with Gasteiger partial charge in [0.25, 0.3) is 0 Å². The van der Waals surface area contributed by atoms with E-state index in [9.17, 15) is 4.79 Å². The summed E-state index contributed by atoms with van der Waals surface area (Å²) in [6, 6.07) is 7.23. The lowest BCUT2D eigenvalue weighted by Gasteiger charge is -2.10. The van der Waals surface area contributed by atoms with Crippen molar-refractivity contribution >= 4 is 12.2 Å². The van der Waals surface area contributed by atoms with Crippen molar-refractivity contribution in [3.63, 3.8) is 0 Å². The first-order chi connectivity index (χ1) is 7.92. The molecule has 0 radical (unpaired) electrons. The molecule has 0 aliphatic carbocycles. The number of ether oxygens (including phenoxy) is 1. The van der Waals surface area contributed by atoms with Crippen LogP contribution in [0.1, 0.15) is 43.6 Å². The van der Waals surface area contributed by atoms with Gasteiger partial charge in [-0.2, -0.15) is 0 Å². The molecule has 17 heavy (non-hydrogen) atoms. The molecule has 0 atom stereocenters. The maximum atomic E-state index is 11.4. The maximum Gasteiger partial charge on any atom is 0.338 e. The number of hydrogen-bond donors (Lipinski definition) is 0. The van der Waals surface area contributed by atoms with Crippen molar-refractivity contribution in [2.45, 2.75) is 33.2 Å². The molecule has 0 aromatic heterocycles. The molecule has 0 amide bonds. The molecule has 1 aromatic rings. The smallest absolute Gasteiger partial charge is 0.338 e. The number of rotatable bonds is 3. The molecule has 0 unspecified atom stereocenters. The fourth-order valence-corrected chi connectivity index (χ4v) is 1.19. The first-order valence-corrected chi connectivity index (χ1v) is 5.75. The Morgan fingerprint density at radius 1 is 1.29 bits per heavy atom. The number of carbonyl (C=O) groups excluding carboxylic acids is 1. The van der Waals surface area contributed by atoms with Gasteiger partial charge < -0.3 is 4.74 Å². The zero-order valence-corrected chi connectivity index (χ0v) is 10.9. The van der Waals surface area contributed by atoms with Gasteiger partial charge in [0, 0.05) is 6.21 Å². The quantitative estimate of drug-likeness (QED) is 0.594. The molecular weight excluding hydrogens is 214 g/mol. The molecule has 0 saturated heterocycles. The zero-order valence-electron chi connectivity index (χ0n) is 10.9. The molecule has 0 saturated carbocycles. The summed E-state index contributed by atoms with van der Waals surface area (Å²) in [6.07, 6.45) is 1.81. The highest BCUT2D eigenvalue weighted by Crippen LogP contribution is 2.08. The fraction of sp³-hybridized carbons (Fsp3) is 0.429. The lowest BCUT2D eigenvalue weighted by molar-refractivity contribution is 0.0526. The number of benzene rings is 1. The molecule has 3 nitrogen and oxygen atoms in total. The summed E-state index contributed by atoms with van der Waals surface area (Å²) in [4.78, 5) is 15.8. The molecule has 1 rings (SSSR count). The van der Waals surface area contributed by atoms with Crippen LogP contribution >= 0.6 is 0 Å². The topological polar surface area (TPSA) is 38.7 Å². The van der Waals surface area contributed by atoms with Crippen LogP contribution in [0.4, 0.5) is 0 Å². The van der Waals surface area contributed by atoms with Crippen LogP contribution < -0.4 is 0 Å². The van der Waals surface area contributed by atoms with Crippen molar-refractivity contribution in [1.82, 2.24) is 0 Å². The molecule has 0 aliphatic heterocycles. The van der Waals surface area contributed by atoms with Gasteiger partial charge in [-0.25, -0.2) is 4.79 Å². The number of carbonyl (C=O) groups is 1. The van der Waals surface area contributed by atoms with Gasteiger partial charge in [-0.3, -0.25) is 4.99 Å². The third-order valence-corrected chi connectivity index (χ3v) is 2.02. The van der Waals surface area contributed by atoms with Crippen molar-refractivity contribution < 1.29 is 9.53 Å². The third kappa shape index (κ3) is 4.81. The van der Waals surface area contributed by atoms with E-state index in [1.165, 1.54) is 0 Å². The summed E-state index contributed by atoms with van der Waals surface area (Å²) in [5.41, 5.74) is 1.47. The van der Waals surface area contributed by atoms with E-state index in [4.69, 9.17) is 4.74 Å². The average Bonchev–Trinajstić information content (AvgIpc) is 2.26.